The number of ether oxygens (including phenoxy) is 1. The second-order valence-electron chi connectivity index (χ2n) is 5.90. The zero-order valence-electron chi connectivity index (χ0n) is 13.8. The van der Waals surface area contributed by atoms with Crippen LogP contribution in [0.4, 0.5) is 23.1 Å². The Morgan fingerprint density at radius 2 is 2.04 bits per heavy atom. The molecule has 0 aliphatic carbocycles. The summed E-state index contributed by atoms with van der Waals surface area (Å²) in [6, 6.07) is 7.62. The number of aromatic nitrogens is 2. The molecule has 0 amide bonds. The fourth-order valence-electron chi connectivity index (χ4n) is 2.37. The number of nitrogens with one attached hydrogen (secondary N) is 3. The van der Waals surface area contributed by atoms with E-state index in [1.807, 2.05) is 24.3 Å². The van der Waals surface area contributed by atoms with Gasteiger partial charge in [0.05, 0.1) is 17.1 Å². The van der Waals surface area contributed by atoms with E-state index < -0.39 is 9.71 Å². The molecule has 2 heterocycles. The summed E-state index contributed by atoms with van der Waals surface area (Å²) < 4.78 is 20.7. The van der Waals surface area contributed by atoms with Crippen LogP contribution in [0.25, 0.3) is 0 Å². The van der Waals surface area contributed by atoms with E-state index in [0.29, 0.717) is 12.6 Å². The molecule has 25 heavy (non-hydrogen) atoms. The summed E-state index contributed by atoms with van der Waals surface area (Å²) in [5, 5.41) is 6.52. The predicted molar refractivity (Wildman–Crippen MR) is 107 cm³/mol. The Hall–Kier alpha value is -1.84. The van der Waals surface area contributed by atoms with E-state index in [4.69, 9.17) is 4.74 Å². The molecule has 1 aliphatic rings. The van der Waals surface area contributed by atoms with Crippen molar-refractivity contribution in [3.05, 3.63) is 34.9 Å². The van der Waals surface area contributed by atoms with E-state index in [-0.39, 0.29) is 6.04 Å². The minimum atomic E-state index is -2.29. The summed E-state index contributed by atoms with van der Waals surface area (Å²) in [4.78, 5) is 8.78. The van der Waals surface area contributed by atoms with Crippen LogP contribution < -0.4 is 15.4 Å². The van der Waals surface area contributed by atoms with Crippen molar-refractivity contribution in [3.8, 4) is 0 Å². The van der Waals surface area contributed by atoms with Crippen molar-refractivity contribution in [2.45, 2.75) is 12.5 Å². The van der Waals surface area contributed by atoms with Crippen molar-refractivity contribution in [2.75, 3.05) is 34.8 Å². The van der Waals surface area contributed by atoms with Crippen LogP contribution in [0, 0.1) is 0 Å². The molecule has 1 aromatic carbocycles. The molecule has 0 spiro atoms. The molecule has 2 aromatic rings. The first-order valence-electron chi connectivity index (χ1n) is 7.73. The number of hydrogen-bond acceptors (Lipinski definition) is 6. The quantitative estimate of drug-likeness (QED) is 0.616. The minimum absolute atomic E-state index is 0.260. The Balaban J connectivity index is 1.69. The SMILES string of the molecule is C=S(C)(=O)Nc1ccc(Nc2ncc(Br)c(NC3CCOC3)n2)cc1. The molecule has 2 unspecified atom stereocenters. The lowest BCUT2D eigenvalue weighted by atomic mass is 10.2. The summed E-state index contributed by atoms with van der Waals surface area (Å²) in [7, 11) is -2.29. The lowest BCUT2D eigenvalue weighted by molar-refractivity contribution is 0.195. The molecule has 9 heteroatoms. The molecule has 3 rings (SSSR count). The van der Waals surface area contributed by atoms with Crippen molar-refractivity contribution in [1.82, 2.24) is 9.97 Å². The molecule has 7 nitrogen and oxygen atoms in total. The van der Waals surface area contributed by atoms with Gasteiger partial charge in [0.1, 0.15) is 5.82 Å². The third-order valence-electron chi connectivity index (χ3n) is 3.49. The Labute approximate surface area is 155 Å². The van der Waals surface area contributed by atoms with Gasteiger partial charge in [-0.25, -0.2) is 9.19 Å². The zero-order chi connectivity index (χ0) is 17.9. The number of nitrogens with zero attached hydrogens (tertiary/aromatic N) is 2. The number of anilines is 4. The second-order valence-corrected chi connectivity index (χ2v) is 8.97. The van der Waals surface area contributed by atoms with Gasteiger partial charge in [-0.1, -0.05) is 0 Å². The van der Waals surface area contributed by atoms with Crippen LogP contribution >= 0.6 is 15.9 Å². The molecule has 3 N–H and O–H groups in total. The van der Waals surface area contributed by atoms with E-state index in [9.17, 15) is 4.21 Å². The summed E-state index contributed by atoms with van der Waals surface area (Å²) in [6.45, 7) is 1.45. The summed E-state index contributed by atoms with van der Waals surface area (Å²) in [6.07, 6.45) is 4.22. The van der Waals surface area contributed by atoms with Crippen LogP contribution in [0.3, 0.4) is 0 Å². The fraction of sp³-hybridized carbons (Fsp3) is 0.312. The maximum Gasteiger partial charge on any atom is 0.229 e. The molecular weight excluding hydrogens is 406 g/mol. The summed E-state index contributed by atoms with van der Waals surface area (Å²) >= 11 is 3.46. The van der Waals surface area contributed by atoms with Gasteiger partial charge in [0, 0.05) is 40.1 Å². The monoisotopic (exact) mass is 425 g/mol. The van der Waals surface area contributed by atoms with Gasteiger partial charge in [0.15, 0.2) is 0 Å². The number of benzene rings is 1. The lowest BCUT2D eigenvalue weighted by Crippen LogP contribution is -2.20. The van der Waals surface area contributed by atoms with Crippen LogP contribution in [0.2, 0.25) is 0 Å². The topological polar surface area (TPSA) is 88.2 Å². The zero-order valence-corrected chi connectivity index (χ0v) is 16.2. The molecule has 0 bridgehead atoms. The van der Waals surface area contributed by atoms with Crippen LogP contribution in [0.1, 0.15) is 6.42 Å². The number of halogens is 1. The summed E-state index contributed by atoms with van der Waals surface area (Å²) in [5.41, 5.74) is 1.57. The fourth-order valence-corrected chi connectivity index (χ4v) is 3.31. The average Bonchev–Trinajstić information content (AvgIpc) is 3.04. The van der Waals surface area contributed by atoms with Crippen LogP contribution in [0.15, 0.2) is 34.9 Å². The highest BCUT2D eigenvalue weighted by Crippen LogP contribution is 2.24. The van der Waals surface area contributed by atoms with Crippen LogP contribution in [-0.2, 0) is 14.4 Å². The summed E-state index contributed by atoms with van der Waals surface area (Å²) in [5.74, 6) is 4.79. The van der Waals surface area contributed by atoms with Crippen molar-refractivity contribution < 1.29 is 8.95 Å². The molecule has 1 saturated heterocycles. The highest BCUT2D eigenvalue weighted by molar-refractivity contribution is 9.10. The van der Waals surface area contributed by atoms with Crippen LogP contribution in [0.5, 0.6) is 0 Å². The van der Waals surface area contributed by atoms with Gasteiger partial charge in [-0.05, 0) is 52.5 Å². The third-order valence-corrected chi connectivity index (χ3v) is 4.74. The highest BCUT2D eigenvalue weighted by Gasteiger charge is 2.17. The van der Waals surface area contributed by atoms with Gasteiger partial charge < -0.3 is 20.1 Å². The van der Waals surface area contributed by atoms with E-state index in [1.54, 1.807) is 12.5 Å². The smallest absolute Gasteiger partial charge is 0.229 e. The lowest BCUT2D eigenvalue weighted by Gasteiger charge is -2.14. The maximum atomic E-state index is 11.7. The van der Waals surface area contributed by atoms with Gasteiger partial charge in [-0.3, -0.25) is 0 Å². The molecule has 0 saturated carbocycles. The molecule has 134 valence electrons. The van der Waals surface area contributed by atoms with E-state index in [0.717, 1.165) is 34.7 Å². The van der Waals surface area contributed by atoms with E-state index >= 15 is 0 Å². The van der Waals surface area contributed by atoms with Crippen molar-refractivity contribution in [1.29, 1.82) is 0 Å². The third kappa shape index (κ3) is 5.32. The van der Waals surface area contributed by atoms with Crippen LogP contribution in [-0.4, -0.2) is 45.6 Å². The average molecular weight is 426 g/mol. The van der Waals surface area contributed by atoms with Crippen molar-refractivity contribution in [3.63, 3.8) is 0 Å². The first kappa shape index (κ1) is 18.0. The molecule has 0 radical (unpaired) electrons. The van der Waals surface area contributed by atoms with Gasteiger partial charge in [-0.2, -0.15) is 4.98 Å². The van der Waals surface area contributed by atoms with Gasteiger partial charge in [0.2, 0.25) is 5.95 Å². The highest BCUT2D eigenvalue weighted by atomic mass is 79.9. The maximum absolute atomic E-state index is 11.7. The standard InChI is InChI=1S/C16H20BrN5O2S/c1-25(2,23)22-12-5-3-11(4-6-12)20-16-18-9-14(17)15(21-16)19-13-7-8-24-10-13/h3-6,9,13H,1,7-8,10H2,2H3,(H,22,23)(H2,18,19,20,21). The molecule has 1 aromatic heterocycles. The molecule has 1 aliphatic heterocycles. The van der Waals surface area contributed by atoms with Crippen molar-refractivity contribution >= 4 is 54.6 Å². The Morgan fingerprint density at radius 1 is 1.32 bits per heavy atom. The van der Waals surface area contributed by atoms with Gasteiger partial charge in [-0.15, -0.1) is 0 Å². The van der Waals surface area contributed by atoms with E-state index in [1.165, 1.54) is 0 Å². The number of hydrogen-bond donors (Lipinski definition) is 3. The largest absolute Gasteiger partial charge is 0.379 e. The first-order chi connectivity index (χ1) is 11.9. The van der Waals surface area contributed by atoms with Gasteiger partial charge in [0.25, 0.3) is 0 Å². The minimum Gasteiger partial charge on any atom is -0.379 e. The molecule has 2 atom stereocenters. The Bertz CT molecular complexity index is 836. The molecule has 1 fully saturated rings. The van der Waals surface area contributed by atoms with Crippen molar-refractivity contribution in [2.24, 2.45) is 0 Å². The normalized spacial score (nSPS) is 19.2. The predicted octanol–water partition coefficient (Wildman–Crippen LogP) is 2.86. The van der Waals surface area contributed by atoms with E-state index in [2.05, 4.69) is 47.1 Å². The van der Waals surface area contributed by atoms with Gasteiger partial charge >= 0.3 is 0 Å². The second kappa shape index (κ2) is 7.59. The number of rotatable bonds is 6. The molecular formula is C16H20BrN5O2S. The Kier molecular flexibility index (Phi) is 5.45. The first-order valence-corrected chi connectivity index (χ1v) is 10.7. The Morgan fingerprint density at radius 3 is 2.68 bits per heavy atom.